The van der Waals surface area contributed by atoms with Crippen molar-refractivity contribution in [3.05, 3.63) is 0 Å². The van der Waals surface area contributed by atoms with Crippen molar-refractivity contribution in [3.63, 3.8) is 0 Å². The third kappa shape index (κ3) is 4.02. The van der Waals surface area contributed by atoms with Crippen LogP contribution in [-0.4, -0.2) is 37.4 Å². The second kappa shape index (κ2) is 9.77. The van der Waals surface area contributed by atoms with Gasteiger partial charge in [-0.2, -0.15) is 0 Å². The Labute approximate surface area is 235 Å². The van der Waals surface area contributed by atoms with Crippen molar-refractivity contribution in [2.45, 2.75) is 125 Å². The summed E-state index contributed by atoms with van der Waals surface area (Å²) in [4.78, 5) is 24.8. The van der Waals surface area contributed by atoms with E-state index in [1.807, 2.05) is 14.0 Å². The molecule has 0 radical (unpaired) electrons. The number of carbonyl (C=O) groups is 2. The Bertz CT molecular complexity index is 1030. The Hall–Kier alpha value is -1.10. The van der Waals surface area contributed by atoms with E-state index in [2.05, 4.69) is 20.8 Å². The molecule has 0 saturated heterocycles. The van der Waals surface area contributed by atoms with E-state index in [1.165, 1.54) is 39.5 Å². The highest BCUT2D eigenvalue weighted by Crippen LogP contribution is 2.82. The molecule has 0 aromatic carbocycles. The zero-order valence-electron chi connectivity index (χ0n) is 28.0. The maximum absolute atomic E-state index is 12.5. The fraction of sp³-hybridized carbons (Fsp3) is 0.939. The molecule has 5 aliphatic carbocycles. The summed E-state index contributed by atoms with van der Waals surface area (Å²) in [6.45, 7) is 11.2. The van der Waals surface area contributed by atoms with Crippen LogP contribution in [0.4, 0.5) is 0 Å². The molecule has 5 fully saturated rings. The second-order valence-corrected chi connectivity index (χ2v) is 14.6. The minimum atomic E-state index is -2.21. The van der Waals surface area contributed by atoms with Crippen LogP contribution in [0.25, 0.3) is 0 Å². The quantitative estimate of drug-likeness (QED) is 0.313. The summed E-state index contributed by atoms with van der Waals surface area (Å²) in [6, 6.07) is 0. The molecule has 5 aliphatic rings. The van der Waals surface area contributed by atoms with E-state index in [0.717, 1.165) is 37.5 Å². The van der Waals surface area contributed by atoms with Gasteiger partial charge in [0.15, 0.2) is 0 Å². The first-order chi connectivity index (χ1) is 19.0. The summed E-state index contributed by atoms with van der Waals surface area (Å²) in [5.41, 5.74) is 0.850. The van der Waals surface area contributed by atoms with Gasteiger partial charge in [-0.25, -0.2) is 0 Å². The number of ether oxygens (including phenoxy) is 3. The highest BCUT2D eigenvalue weighted by Gasteiger charge is 2.77. The van der Waals surface area contributed by atoms with Crippen molar-refractivity contribution >= 4 is 11.9 Å². The predicted octanol–water partition coefficient (Wildman–Crippen LogP) is 7.06. The van der Waals surface area contributed by atoms with Crippen molar-refractivity contribution in [2.75, 3.05) is 7.11 Å². The number of hydrogen-bond acceptors (Lipinski definition) is 5. The van der Waals surface area contributed by atoms with E-state index < -0.39 is 42.8 Å². The van der Waals surface area contributed by atoms with Gasteiger partial charge in [-0.1, -0.05) is 41.5 Å². The lowest BCUT2D eigenvalue weighted by Gasteiger charge is -2.61. The summed E-state index contributed by atoms with van der Waals surface area (Å²) >= 11 is 0. The largest absolute Gasteiger partial charge is 0.458 e. The van der Waals surface area contributed by atoms with Gasteiger partial charge in [-0.05, 0) is 104 Å². The lowest BCUT2D eigenvalue weighted by Crippen LogP contribution is -2.57. The molecule has 0 N–H and O–H groups in total. The Morgan fingerprint density at radius 3 is 2.21 bits per heavy atom. The molecule has 0 aliphatic heterocycles. The summed E-state index contributed by atoms with van der Waals surface area (Å²) in [5, 5.41) is 0. The van der Waals surface area contributed by atoms with Crippen LogP contribution in [0.2, 0.25) is 0 Å². The first-order valence-corrected chi connectivity index (χ1v) is 15.4. The second-order valence-electron chi connectivity index (χ2n) is 14.6. The zero-order valence-corrected chi connectivity index (χ0v) is 25.0. The van der Waals surface area contributed by atoms with E-state index in [-0.39, 0.29) is 17.3 Å². The number of fused-ring (bicyclic) bond motifs is 4. The van der Waals surface area contributed by atoms with Crippen LogP contribution < -0.4 is 0 Å². The van der Waals surface area contributed by atoms with Gasteiger partial charge in [0.05, 0.1) is 6.10 Å². The minimum Gasteiger partial charge on any atom is -0.458 e. The smallest absolute Gasteiger partial charge is 0.303 e. The molecule has 5 nitrogen and oxygen atoms in total. The summed E-state index contributed by atoms with van der Waals surface area (Å²) < 4.78 is 42.2. The lowest BCUT2D eigenvalue weighted by molar-refractivity contribution is -0.184. The highest BCUT2D eigenvalue weighted by atomic mass is 16.6. The van der Waals surface area contributed by atoms with Crippen molar-refractivity contribution in [1.29, 1.82) is 0 Å². The van der Waals surface area contributed by atoms with E-state index in [9.17, 15) is 9.59 Å². The molecule has 14 atom stereocenters. The molecule has 5 heteroatoms. The molecule has 1 spiro atoms. The van der Waals surface area contributed by atoms with Gasteiger partial charge in [0.2, 0.25) is 0 Å². The Kier molecular flexibility index (Phi) is 6.34. The normalized spacial score (nSPS) is 48.4. The monoisotopic (exact) mass is 533 g/mol. The van der Waals surface area contributed by atoms with E-state index in [0.29, 0.717) is 28.8 Å². The van der Waals surface area contributed by atoms with Gasteiger partial charge in [0, 0.05) is 36.4 Å². The molecule has 0 heterocycles. The summed E-state index contributed by atoms with van der Waals surface area (Å²) in [6.07, 6.45) is 8.62. The molecule has 5 rings (SSSR count). The Morgan fingerprint density at radius 1 is 0.921 bits per heavy atom. The lowest BCUT2D eigenvalue weighted by atomic mass is 9.45. The van der Waals surface area contributed by atoms with Gasteiger partial charge >= 0.3 is 11.9 Å². The molecule has 0 amide bonds. The number of carbonyl (C=O) groups excluding carboxylic acids is 2. The minimum absolute atomic E-state index is 0.0796. The Morgan fingerprint density at radius 2 is 1.61 bits per heavy atom. The van der Waals surface area contributed by atoms with E-state index in [4.69, 9.17) is 18.3 Å². The molecule has 5 saturated carbocycles. The zero-order chi connectivity index (χ0) is 30.3. The van der Waals surface area contributed by atoms with Crippen LogP contribution in [0, 0.1) is 63.6 Å². The first kappa shape index (κ1) is 24.7. The molecule has 0 bridgehead atoms. The number of rotatable bonds is 8. The number of hydrogen-bond donors (Lipinski definition) is 0. The average molecular weight is 534 g/mol. The maximum atomic E-state index is 12.5. The van der Waals surface area contributed by atoms with Gasteiger partial charge in [0.1, 0.15) is 12.2 Å². The fourth-order valence-electron chi connectivity index (χ4n) is 11.3. The SMILES string of the molecule is [2H]C([2H])([2H])C(C)[C@@H](C)[C@@H](OC(C)=O)[C@H](OC(C)=O)[C@@H](C)[C@H]1CC[C@H]2[C@@H]3C[C@@H](OC)[C@]45C[C@H]4CC[C@]5(C)[C@H]3CC[C@]12C. The average Bonchev–Trinajstić information content (AvgIpc) is 3.39. The van der Waals surface area contributed by atoms with Crippen molar-refractivity contribution in [2.24, 2.45) is 63.6 Å². The van der Waals surface area contributed by atoms with Crippen molar-refractivity contribution in [1.82, 2.24) is 0 Å². The topological polar surface area (TPSA) is 61.8 Å². The molecule has 0 aromatic rings. The third-order valence-corrected chi connectivity index (χ3v) is 13.3. The summed E-state index contributed by atoms with van der Waals surface area (Å²) in [7, 11) is 1.93. The fourth-order valence-corrected chi connectivity index (χ4v) is 11.3. The molecule has 0 aromatic heterocycles. The van der Waals surface area contributed by atoms with Crippen LogP contribution in [0.3, 0.4) is 0 Å². The highest BCUT2D eigenvalue weighted by molar-refractivity contribution is 5.67. The van der Waals surface area contributed by atoms with Gasteiger partial charge < -0.3 is 14.2 Å². The number of esters is 2. The van der Waals surface area contributed by atoms with Crippen LogP contribution in [0.1, 0.15) is 111 Å². The van der Waals surface area contributed by atoms with E-state index in [1.54, 1.807) is 6.92 Å². The first-order valence-electron chi connectivity index (χ1n) is 16.9. The third-order valence-electron chi connectivity index (χ3n) is 13.3. The molecular formula is C33H54O5. The molecular weight excluding hydrogens is 476 g/mol. The number of methoxy groups -OCH3 is 1. The molecule has 38 heavy (non-hydrogen) atoms. The van der Waals surface area contributed by atoms with E-state index >= 15 is 0 Å². The molecule has 216 valence electrons. The van der Waals surface area contributed by atoms with Gasteiger partial charge in [0.25, 0.3) is 0 Å². The Balaban J connectivity index is 1.44. The molecule has 1 unspecified atom stereocenters. The van der Waals surface area contributed by atoms with Crippen molar-refractivity contribution in [3.8, 4) is 0 Å². The maximum Gasteiger partial charge on any atom is 0.303 e. The standard InChI is InChI=1S/C33H54O5/c1-18(2)19(3)29(37-21(5)34)30(38-22(6)35)20(4)25-10-11-26-24-16-28(36-9)33-17-23(33)12-15-32(33,8)27(24)13-14-31(25,26)7/h18-20,23-30H,10-17H2,1-9H3/t19-,20+,23-,24+,25-,26+,27+,28-,29-,30-,31-,32-,33+/m1/s1/i1D3/t18?,19-,20+,23-,24+,25-,26+,27+,28-,29-,30-,31-,32-,33+. The van der Waals surface area contributed by atoms with Crippen LogP contribution in [-0.2, 0) is 23.8 Å². The van der Waals surface area contributed by atoms with Crippen LogP contribution in [0.5, 0.6) is 0 Å². The van der Waals surface area contributed by atoms with Gasteiger partial charge in [-0.15, -0.1) is 0 Å². The predicted molar refractivity (Wildman–Crippen MR) is 148 cm³/mol. The van der Waals surface area contributed by atoms with Crippen LogP contribution in [0.15, 0.2) is 0 Å². The summed E-state index contributed by atoms with van der Waals surface area (Å²) in [5.74, 6) is 0.880. The van der Waals surface area contributed by atoms with Crippen LogP contribution >= 0.6 is 0 Å². The van der Waals surface area contributed by atoms with Gasteiger partial charge in [-0.3, -0.25) is 9.59 Å². The van der Waals surface area contributed by atoms with Crippen molar-refractivity contribution < 1.29 is 27.9 Å².